The number of aromatic nitrogens is 2. The minimum absolute atomic E-state index is 1.11. The Morgan fingerprint density at radius 3 is 1.59 bits per heavy atom. The Hall–Kier alpha value is -0.0300. The lowest BCUT2D eigenvalue weighted by Crippen LogP contribution is -1.87. The molecule has 0 fully saturated rings. The molecule has 9 heteroatoms. The van der Waals surface area contributed by atoms with Crippen LogP contribution in [0.15, 0.2) is 57.2 Å². The monoisotopic (exact) mass is 484 g/mol. The molecule has 2 aromatic carbocycles. The van der Waals surface area contributed by atoms with Crippen molar-refractivity contribution in [3.05, 3.63) is 48.5 Å². The minimum Gasteiger partial charge on any atom is -0.229 e. The Morgan fingerprint density at radius 1 is 0.630 bits per heavy atom. The predicted molar refractivity (Wildman–Crippen MR) is 133 cm³/mol. The SMILES string of the molecule is c1ccc2sc(SSCCSCCSSc3nc4ccccc4s3)nc2c1. The molecule has 0 unspecified atom stereocenters. The Kier molecular flexibility index (Phi) is 8.00. The molecule has 0 saturated heterocycles. The van der Waals surface area contributed by atoms with E-state index in [-0.39, 0.29) is 0 Å². The van der Waals surface area contributed by atoms with Crippen LogP contribution >= 0.6 is 77.6 Å². The van der Waals surface area contributed by atoms with Gasteiger partial charge in [-0.3, -0.25) is 0 Å². The Labute approximate surface area is 186 Å². The van der Waals surface area contributed by atoms with Crippen molar-refractivity contribution in [2.45, 2.75) is 8.68 Å². The number of hydrogen-bond donors (Lipinski definition) is 0. The summed E-state index contributed by atoms with van der Waals surface area (Å²) in [6.45, 7) is 0. The molecule has 0 saturated carbocycles. The third-order valence-electron chi connectivity index (χ3n) is 3.43. The van der Waals surface area contributed by atoms with E-state index in [4.69, 9.17) is 0 Å². The second-order valence-corrected chi connectivity index (χ2v) is 13.9. The third-order valence-corrected chi connectivity index (χ3v) is 12.3. The summed E-state index contributed by atoms with van der Waals surface area (Å²) in [5, 5.41) is 0. The maximum absolute atomic E-state index is 4.66. The van der Waals surface area contributed by atoms with Crippen LogP contribution in [0.5, 0.6) is 0 Å². The molecule has 140 valence electrons. The number of nitrogens with zero attached hydrogens (tertiary/aromatic N) is 2. The Morgan fingerprint density at radius 2 is 1.11 bits per heavy atom. The van der Waals surface area contributed by atoms with Gasteiger partial charge in [0.05, 0.1) is 20.4 Å². The van der Waals surface area contributed by atoms with E-state index in [0.29, 0.717) is 0 Å². The molecular weight excluding hydrogens is 469 g/mol. The first-order chi connectivity index (χ1) is 13.4. The van der Waals surface area contributed by atoms with Crippen LogP contribution in [0, 0.1) is 0 Å². The van der Waals surface area contributed by atoms with Crippen molar-refractivity contribution in [1.82, 2.24) is 9.97 Å². The summed E-state index contributed by atoms with van der Waals surface area (Å²) in [7, 11) is 7.43. The number of para-hydroxylation sites is 2. The number of thioether (sulfide) groups is 1. The van der Waals surface area contributed by atoms with Gasteiger partial charge in [-0.05, 0) is 45.9 Å². The predicted octanol–water partition coefficient (Wildman–Crippen LogP) is 7.82. The highest BCUT2D eigenvalue weighted by Crippen LogP contribution is 2.38. The van der Waals surface area contributed by atoms with Gasteiger partial charge in [0, 0.05) is 23.0 Å². The van der Waals surface area contributed by atoms with E-state index in [1.807, 2.05) is 67.1 Å². The van der Waals surface area contributed by atoms with Gasteiger partial charge in [-0.15, -0.1) is 22.7 Å². The van der Waals surface area contributed by atoms with Crippen LogP contribution in [0.25, 0.3) is 20.4 Å². The maximum Gasteiger partial charge on any atom is 0.161 e. The van der Waals surface area contributed by atoms with Crippen molar-refractivity contribution < 1.29 is 0 Å². The molecule has 0 N–H and O–H groups in total. The van der Waals surface area contributed by atoms with Gasteiger partial charge in [-0.1, -0.05) is 45.9 Å². The van der Waals surface area contributed by atoms with Crippen molar-refractivity contribution in [2.24, 2.45) is 0 Å². The third kappa shape index (κ3) is 5.98. The number of benzene rings is 2. The first-order valence-electron chi connectivity index (χ1n) is 8.26. The molecule has 0 amide bonds. The largest absolute Gasteiger partial charge is 0.229 e. The quantitative estimate of drug-likeness (QED) is 0.167. The zero-order valence-corrected chi connectivity index (χ0v) is 19.9. The van der Waals surface area contributed by atoms with Gasteiger partial charge < -0.3 is 0 Å². The molecule has 0 radical (unpaired) electrons. The van der Waals surface area contributed by atoms with E-state index in [2.05, 4.69) is 46.4 Å². The summed E-state index contributed by atoms with van der Waals surface area (Å²) in [5.74, 6) is 4.69. The van der Waals surface area contributed by atoms with Gasteiger partial charge in [0.15, 0.2) is 8.68 Å². The molecule has 0 atom stereocenters. The molecule has 2 aromatic heterocycles. The second-order valence-electron chi connectivity index (χ2n) is 5.32. The average molecular weight is 485 g/mol. The molecule has 0 spiro atoms. The molecule has 0 aliphatic rings. The minimum atomic E-state index is 1.11. The summed E-state index contributed by atoms with van der Waals surface area (Å²) in [5.41, 5.74) is 2.23. The number of rotatable bonds is 10. The van der Waals surface area contributed by atoms with Crippen molar-refractivity contribution in [1.29, 1.82) is 0 Å². The molecule has 0 bridgehead atoms. The smallest absolute Gasteiger partial charge is 0.161 e. The van der Waals surface area contributed by atoms with Gasteiger partial charge in [0.1, 0.15) is 0 Å². The summed E-state index contributed by atoms with van der Waals surface area (Å²) in [6, 6.07) is 16.7. The topological polar surface area (TPSA) is 25.8 Å². The summed E-state index contributed by atoms with van der Waals surface area (Å²) in [4.78, 5) is 9.32. The van der Waals surface area contributed by atoms with Crippen LogP contribution in [0.3, 0.4) is 0 Å². The highest BCUT2D eigenvalue weighted by Gasteiger charge is 2.05. The number of thiazole rings is 2. The second kappa shape index (κ2) is 10.7. The van der Waals surface area contributed by atoms with Gasteiger partial charge in [-0.2, -0.15) is 11.8 Å². The molecular formula is C18H16N2S7. The molecule has 4 aromatic rings. The zero-order chi connectivity index (χ0) is 18.3. The summed E-state index contributed by atoms with van der Waals surface area (Å²) in [6.07, 6.45) is 0. The first-order valence-corrected chi connectivity index (χ1v) is 15.7. The first kappa shape index (κ1) is 20.3. The van der Waals surface area contributed by atoms with Crippen molar-refractivity contribution >= 4 is 98.0 Å². The van der Waals surface area contributed by atoms with E-state index in [1.54, 1.807) is 22.7 Å². The van der Waals surface area contributed by atoms with E-state index < -0.39 is 0 Å². The highest BCUT2D eigenvalue weighted by molar-refractivity contribution is 8.77. The molecule has 2 nitrogen and oxygen atoms in total. The fourth-order valence-corrected chi connectivity index (χ4v) is 10.8. The van der Waals surface area contributed by atoms with E-state index >= 15 is 0 Å². The lowest BCUT2D eigenvalue weighted by atomic mass is 10.3. The summed E-state index contributed by atoms with van der Waals surface area (Å²) < 4.78 is 4.87. The average Bonchev–Trinajstić information content (AvgIpc) is 3.29. The Balaban J connectivity index is 1.06. The molecule has 27 heavy (non-hydrogen) atoms. The number of hydrogen-bond acceptors (Lipinski definition) is 9. The van der Waals surface area contributed by atoms with E-state index in [9.17, 15) is 0 Å². The maximum atomic E-state index is 4.66. The lowest BCUT2D eigenvalue weighted by Gasteiger charge is -2.00. The summed E-state index contributed by atoms with van der Waals surface area (Å²) >= 11 is 5.60. The van der Waals surface area contributed by atoms with Gasteiger partial charge in [0.2, 0.25) is 0 Å². The highest BCUT2D eigenvalue weighted by atomic mass is 33.1. The lowest BCUT2D eigenvalue weighted by molar-refractivity contribution is 1.31. The van der Waals surface area contributed by atoms with Crippen LogP contribution in [0.2, 0.25) is 0 Å². The fraction of sp³-hybridized carbons (Fsp3) is 0.222. The van der Waals surface area contributed by atoms with Crippen LogP contribution < -0.4 is 0 Å². The van der Waals surface area contributed by atoms with Crippen LogP contribution in [-0.4, -0.2) is 33.0 Å². The zero-order valence-electron chi connectivity index (χ0n) is 14.2. The van der Waals surface area contributed by atoms with E-state index in [0.717, 1.165) is 31.2 Å². The molecule has 0 aliphatic carbocycles. The van der Waals surface area contributed by atoms with Crippen molar-refractivity contribution in [3.8, 4) is 0 Å². The standard InChI is InChI=1S/C18H16N2S7/c1-3-7-15-13(5-1)19-17(24-15)26-22-11-9-21-10-12-23-27-18-20-14-6-2-4-8-16(14)25-18/h1-8H,9-12H2. The number of fused-ring (bicyclic) bond motifs is 2. The van der Waals surface area contributed by atoms with Crippen LogP contribution in [0.1, 0.15) is 0 Å². The molecule has 2 heterocycles. The van der Waals surface area contributed by atoms with E-state index in [1.165, 1.54) is 20.9 Å². The molecule has 4 rings (SSSR count). The fourth-order valence-electron chi connectivity index (χ4n) is 2.25. The Bertz CT molecular complexity index is 851. The van der Waals surface area contributed by atoms with Crippen molar-refractivity contribution in [3.63, 3.8) is 0 Å². The van der Waals surface area contributed by atoms with Crippen LogP contribution in [0.4, 0.5) is 0 Å². The molecule has 0 aliphatic heterocycles. The van der Waals surface area contributed by atoms with Gasteiger partial charge in [0.25, 0.3) is 0 Å². The van der Waals surface area contributed by atoms with Crippen molar-refractivity contribution in [2.75, 3.05) is 23.0 Å². The van der Waals surface area contributed by atoms with Gasteiger partial charge in [-0.25, -0.2) is 9.97 Å². The van der Waals surface area contributed by atoms with Crippen LogP contribution in [-0.2, 0) is 0 Å². The van der Waals surface area contributed by atoms with Gasteiger partial charge >= 0.3 is 0 Å². The normalized spacial score (nSPS) is 11.6.